The van der Waals surface area contributed by atoms with E-state index in [1.54, 1.807) is 29.2 Å². The van der Waals surface area contributed by atoms with Crippen molar-refractivity contribution in [3.63, 3.8) is 0 Å². The summed E-state index contributed by atoms with van der Waals surface area (Å²) in [5, 5.41) is 7.86. The van der Waals surface area contributed by atoms with E-state index in [1.807, 2.05) is 54.1 Å². The molecule has 0 spiro atoms. The number of rotatable bonds is 5. The topological polar surface area (TPSA) is 106 Å². The van der Waals surface area contributed by atoms with Crippen molar-refractivity contribution in [1.82, 2.24) is 24.1 Å². The molecule has 2 N–H and O–H groups in total. The van der Waals surface area contributed by atoms with Gasteiger partial charge in [0.15, 0.2) is 0 Å². The van der Waals surface area contributed by atoms with Crippen LogP contribution in [0.3, 0.4) is 0 Å². The zero-order valence-electron chi connectivity index (χ0n) is 16.8. The number of aryl methyl sites for hydroxylation is 1. The number of nitrogens with one attached hydrogen (secondary N) is 2. The second-order valence-electron chi connectivity index (χ2n) is 7.24. The lowest BCUT2D eigenvalue weighted by molar-refractivity contribution is 0.607. The van der Waals surface area contributed by atoms with Gasteiger partial charge in [-0.1, -0.05) is 18.2 Å². The van der Waals surface area contributed by atoms with E-state index < -0.39 is 10.0 Å². The number of hydrogen-bond donors (Lipinski definition) is 2. The van der Waals surface area contributed by atoms with Crippen LogP contribution in [0.4, 0.5) is 17.3 Å². The maximum Gasteiger partial charge on any atom is 0.245 e. The Balaban J connectivity index is 1.55. The van der Waals surface area contributed by atoms with Gasteiger partial charge in [-0.3, -0.25) is 4.72 Å². The van der Waals surface area contributed by atoms with Crippen LogP contribution in [0, 0.1) is 0 Å². The van der Waals surface area contributed by atoms with Crippen molar-refractivity contribution in [2.45, 2.75) is 0 Å². The Bertz CT molecular complexity index is 1540. The normalized spacial score (nSPS) is 11.8. The predicted molar refractivity (Wildman–Crippen MR) is 121 cm³/mol. The Morgan fingerprint density at radius 3 is 2.68 bits per heavy atom. The number of anilines is 3. The van der Waals surface area contributed by atoms with Gasteiger partial charge in [-0.25, -0.2) is 22.9 Å². The fraction of sp³-hybridized carbons (Fsp3) is 0.0952. The molecule has 3 aromatic heterocycles. The molecular formula is C21H19N7O2S. The van der Waals surface area contributed by atoms with Crippen molar-refractivity contribution < 1.29 is 8.42 Å². The number of benzene rings is 2. The third-order valence-corrected chi connectivity index (χ3v) is 5.47. The first-order chi connectivity index (χ1) is 14.9. The van der Waals surface area contributed by atoms with Gasteiger partial charge in [0, 0.05) is 18.3 Å². The molecule has 10 heteroatoms. The molecule has 0 aliphatic rings. The summed E-state index contributed by atoms with van der Waals surface area (Å²) in [6.07, 6.45) is 4.61. The van der Waals surface area contributed by atoms with Gasteiger partial charge < -0.3 is 9.88 Å². The van der Waals surface area contributed by atoms with Crippen molar-refractivity contribution in [1.29, 1.82) is 0 Å². The number of hydrogen-bond acceptors (Lipinski definition) is 6. The molecule has 2 aromatic carbocycles. The lowest BCUT2D eigenvalue weighted by Gasteiger charge is -2.11. The maximum atomic E-state index is 11.8. The van der Waals surface area contributed by atoms with Crippen LogP contribution in [0.25, 0.3) is 27.8 Å². The molecule has 5 aromatic rings. The number of sulfonamides is 1. The highest BCUT2D eigenvalue weighted by Gasteiger charge is 2.14. The summed E-state index contributed by atoms with van der Waals surface area (Å²) in [5.41, 5.74) is 5.48. The van der Waals surface area contributed by atoms with Gasteiger partial charge in [0.05, 0.1) is 46.7 Å². The molecule has 0 aliphatic carbocycles. The summed E-state index contributed by atoms with van der Waals surface area (Å²) in [7, 11) is -1.48. The molecule has 0 saturated heterocycles. The highest BCUT2D eigenvalue weighted by molar-refractivity contribution is 7.92. The molecule has 0 radical (unpaired) electrons. The molecule has 0 atom stereocenters. The monoisotopic (exact) mass is 433 g/mol. The maximum absolute atomic E-state index is 11.8. The summed E-state index contributed by atoms with van der Waals surface area (Å²) >= 11 is 0. The van der Waals surface area contributed by atoms with Gasteiger partial charge in [0.2, 0.25) is 16.0 Å². The number of para-hydroxylation sites is 1. The summed E-state index contributed by atoms with van der Waals surface area (Å²) in [6, 6.07) is 16.8. The van der Waals surface area contributed by atoms with Gasteiger partial charge >= 0.3 is 0 Å². The Morgan fingerprint density at radius 1 is 1.00 bits per heavy atom. The SMILES string of the molecule is Cn1cnc2ccc(Nc3ncc4ccc(-c5ccccc5NS(C)(=O)=O)n4n3)cc21. The highest BCUT2D eigenvalue weighted by atomic mass is 32.2. The van der Waals surface area contributed by atoms with Crippen LogP contribution in [0.2, 0.25) is 0 Å². The Hall–Kier alpha value is -3.92. The minimum Gasteiger partial charge on any atom is -0.334 e. The standard InChI is InChI=1S/C21H19N7O2S/c1-27-13-23-18-9-7-14(11-20(18)27)24-21-22-12-15-8-10-19(28(15)25-21)16-5-3-4-6-17(16)26-31(2,29)30/h3-13,26H,1-2H3,(H,24,25). The third-order valence-electron chi connectivity index (χ3n) is 4.88. The van der Waals surface area contributed by atoms with E-state index in [1.165, 1.54) is 0 Å². The number of fused-ring (bicyclic) bond motifs is 2. The lowest BCUT2D eigenvalue weighted by Crippen LogP contribution is -2.11. The van der Waals surface area contributed by atoms with Gasteiger partial charge in [-0.2, -0.15) is 0 Å². The Kier molecular flexibility index (Phi) is 4.36. The first kappa shape index (κ1) is 19.1. The van der Waals surface area contributed by atoms with Crippen molar-refractivity contribution in [3.05, 3.63) is 67.1 Å². The van der Waals surface area contributed by atoms with E-state index in [0.717, 1.165) is 34.2 Å². The average molecular weight is 433 g/mol. The minimum atomic E-state index is -3.42. The molecule has 0 saturated carbocycles. The summed E-state index contributed by atoms with van der Waals surface area (Å²) < 4.78 is 29.8. The molecule has 0 aliphatic heterocycles. The average Bonchev–Trinajstić information content (AvgIpc) is 3.31. The zero-order chi connectivity index (χ0) is 21.6. The van der Waals surface area contributed by atoms with E-state index >= 15 is 0 Å². The number of nitrogens with zero attached hydrogens (tertiary/aromatic N) is 5. The number of imidazole rings is 1. The van der Waals surface area contributed by atoms with Crippen LogP contribution in [-0.4, -0.2) is 38.8 Å². The van der Waals surface area contributed by atoms with Gasteiger partial charge in [-0.15, -0.1) is 5.10 Å². The summed E-state index contributed by atoms with van der Waals surface area (Å²) in [5.74, 6) is 0.417. The van der Waals surface area contributed by atoms with Crippen LogP contribution in [-0.2, 0) is 17.1 Å². The van der Waals surface area contributed by atoms with Crippen molar-refractivity contribution in [2.75, 3.05) is 16.3 Å². The highest BCUT2D eigenvalue weighted by Crippen LogP contribution is 2.30. The molecule has 5 rings (SSSR count). The molecule has 9 nitrogen and oxygen atoms in total. The van der Waals surface area contributed by atoms with E-state index in [4.69, 9.17) is 0 Å². The molecule has 0 fully saturated rings. The van der Waals surface area contributed by atoms with Gasteiger partial charge in [0.25, 0.3) is 0 Å². The molecule has 156 valence electrons. The quantitative estimate of drug-likeness (QED) is 0.440. The van der Waals surface area contributed by atoms with E-state index in [0.29, 0.717) is 17.2 Å². The minimum absolute atomic E-state index is 0.417. The summed E-state index contributed by atoms with van der Waals surface area (Å²) in [4.78, 5) is 8.73. The molecule has 0 unspecified atom stereocenters. The molecule has 0 bridgehead atoms. The predicted octanol–water partition coefficient (Wildman–Crippen LogP) is 3.40. The van der Waals surface area contributed by atoms with Crippen LogP contribution in [0.15, 0.2) is 67.1 Å². The van der Waals surface area contributed by atoms with Crippen LogP contribution in [0.5, 0.6) is 0 Å². The number of aromatic nitrogens is 5. The Morgan fingerprint density at radius 2 is 1.84 bits per heavy atom. The zero-order valence-corrected chi connectivity index (χ0v) is 17.6. The third kappa shape index (κ3) is 3.68. The lowest BCUT2D eigenvalue weighted by atomic mass is 10.1. The second kappa shape index (κ2) is 7.10. The van der Waals surface area contributed by atoms with E-state index in [-0.39, 0.29) is 0 Å². The van der Waals surface area contributed by atoms with Crippen LogP contribution >= 0.6 is 0 Å². The first-order valence-electron chi connectivity index (χ1n) is 9.47. The summed E-state index contributed by atoms with van der Waals surface area (Å²) in [6.45, 7) is 0. The first-order valence-corrected chi connectivity index (χ1v) is 11.4. The fourth-order valence-corrected chi connectivity index (χ4v) is 4.07. The van der Waals surface area contributed by atoms with Crippen molar-refractivity contribution in [3.8, 4) is 11.3 Å². The fourth-order valence-electron chi connectivity index (χ4n) is 3.49. The largest absolute Gasteiger partial charge is 0.334 e. The molecule has 3 heterocycles. The van der Waals surface area contributed by atoms with Gasteiger partial charge in [0.1, 0.15) is 0 Å². The molecular weight excluding hydrogens is 414 g/mol. The van der Waals surface area contributed by atoms with E-state index in [2.05, 4.69) is 25.1 Å². The van der Waals surface area contributed by atoms with Gasteiger partial charge in [-0.05, 0) is 36.4 Å². The Labute approximate surface area is 178 Å². The molecule has 31 heavy (non-hydrogen) atoms. The van der Waals surface area contributed by atoms with Crippen molar-refractivity contribution in [2.24, 2.45) is 7.05 Å². The smallest absolute Gasteiger partial charge is 0.245 e. The van der Waals surface area contributed by atoms with Crippen LogP contribution < -0.4 is 10.0 Å². The van der Waals surface area contributed by atoms with Crippen LogP contribution in [0.1, 0.15) is 0 Å². The van der Waals surface area contributed by atoms with Crippen molar-refractivity contribution >= 4 is 43.9 Å². The van der Waals surface area contributed by atoms with E-state index in [9.17, 15) is 8.42 Å². The molecule has 0 amide bonds. The second-order valence-corrected chi connectivity index (χ2v) is 8.99.